The van der Waals surface area contributed by atoms with Crippen LogP contribution in [0.4, 0.5) is 0 Å². The van der Waals surface area contributed by atoms with Crippen LogP contribution in [0.25, 0.3) is 0 Å². The molecule has 5 heteroatoms. The van der Waals surface area contributed by atoms with E-state index in [1.54, 1.807) is 12.1 Å². The van der Waals surface area contributed by atoms with E-state index in [-0.39, 0.29) is 12.5 Å². The maximum absolute atomic E-state index is 12.2. The largest absolute Gasteiger partial charge is 0.396 e. The van der Waals surface area contributed by atoms with Crippen LogP contribution in [-0.4, -0.2) is 28.1 Å². The highest BCUT2D eigenvalue weighted by molar-refractivity contribution is 6.29. The lowest BCUT2D eigenvalue weighted by atomic mass is 10.0. The third-order valence-corrected chi connectivity index (χ3v) is 3.00. The van der Waals surface area contributed by atoms with E-state index in [9.17, 15) is 4.79 Å². The van der Waals surface area contributed by atoms with Crippen molar-refractivity contribution < 1.29 is 9.90 Å². The minimum absolute atomic E-state index is 0.0332. The predicted octanol–water partition coefficient (Wildman–Crippen LogP) is 2.58. The molecule has 0 aromatic carbocycles. The van der Waals surface area contributed by atoms with Gasteiger partial charge in [-0.3, -0.25) is 4.79 Å². The molecule has 0 aliphatic carbocycles. The monoisotopic (exact) mass is 284 g/mol. The predicted molar refractivity (Wildman–Crippen MR) is 76.5 cm³/mol. The van der Waals surface area contributed by atoms with Crippen molar-refractivity contribution in [3.8, 4) is 0 Å². The fourth-order valence-electron chi connectivity index (χ4n) is 1.79. The van der Waals surface area contributed by atoms with Crippen LogP contribution in [0.1, 0.15) is 49.7 Å². The first kappa shape index (κ1) is 15.9. The van der Waals surface area contributed by atoms with Gasteiger partial charge < -0.3 is 10.4 Å². The number of nitrogens with one attached hydrogen (secondary N) is 1. The van der Waals surface area contributed by atoms with E-state index in [4.69, 9.17) is 16.7 Å². The second kappa shape index (κ2) is 6.87. The van der Waals surface area contributed by atoms with Gasteiger partial charge in [0.25, 0.3) is 5.91 Å². The second-order valence-electron chi connectivity index (χ2n) is 5.23. The summed E-state index contributed by atoms with van der Waals surface area (Å²) in [5.41, 5.74) is 0.876. The number of rotatable bonds is 6. The molecule has 0 spiro atoms. The molecule has 1 heterocycles. The first-order valence-electron chi connectivity index (χ1n) is 6.48. The van der Waals surface area contributed by atoms with Crippen LogP contribution in [0.15, 0.2) is 12.1 Å². The van der Waals surface area contributed by atoms with E-state index in [0.717, 1.165) is 18.5 Å². The van der Waals surface area contributed by atoms with E-state index in [0.29, 0.717) is 17.1 Å². The van der Waals surface area contributed by atoms with Crippen LogP contribution in [0.2, 0.25) is 5.15 Å². The van der Waals surface area contributed by atoms with E-state index < -0.39 is 5.54 Å². The molecule has 0 saturated carbocycles. The van der Waals surface area contributed by atoms with Crippen LogP contribution >= 0.6 is 11.6 Å². The number of halogens is 1. The number of nitrogens with zero attached hydrogens (tertiary/aromatic N) is 1. The number of pyridine rings is 1. The van der Waals surface area contributed by atoms with Crippen LogP contribution < -0.4 is 5.32 Å². The van der Waals surface area contributed by atoms with Crippen molar-refractivity contribution in [1.82, 2.24) is 10.3 Å². The van der Waals surface area contributed by atoms with Gasteiger partial charge in [0.2, 0.25) is 0 Å². The van der Waals surface area contributed by atoms with Crippen molar-refractivity contribution in [3.05, 3.63) is 28.5 Å². The summed E-state index contributed by atoms with van der Waals surface area (Å²) >= 11 is 5.93. The highest BCUT2D eigenvalue weighted by Gasteiger charge is 2.21. The molecule has 0 radical (unpaired) electrons. The lowest BCUT2D eigenvalue weighted by molar-refractivity contribution is 0.0899. The van der Waals surface area contributed by atoms with Crippen LogP contribution in [0.5, 0.6) is 0 Å². The Balaban J connectivity index is 2.87. The number of aryl methyl sites for hydroxylation is 1. The summed E-state index contributed by atoms with van der Waals surface area (Å²) in [7, 11) is 0. The Kier molecular flexibility index (Phi) is 5.76. The lowest BCUT2D eigenvalue weighted by Crippen LogP contribution is -2.44. The third kappa shape index (κ3) is 5.17. The molecule has 0 aliphatic rings. The Labute approximate surface area is 119 Å². The number of aromatic nitrogens is 1. The van der Waals surface area contributed by atoms with Crippen LogP contribution in [-0.2, 0) is 6.42 Å². The molecular weight excluding hydrogens is 264 g/mol. The number of carbonyl (C=O) groups is 1. The summed E-state index contributed by atoms with van der Waals surface area (Å²) in [5, 5.41) is 12.2. The smallest absolute Gasteiger partial charge is 0.251 e. The van der Waals surface area contributed by atoms with E-state index in [1.165, 1.54) is 0 Å². The quantitative estimate of drug-likeness (QED) is 0.789. The number of carbonyl (C=O) groups excluding carboxylic acids is 1. The SMILES string of the molecule is CCCc1cc(C(=O)NC(C)(C)CCO)cc(Cl)n1. The first-order chi connectivity index (χ1) is 8.88. The standard InChI is InChI=1S/C14H21ClN2O2/c1-4-5-11-8-10(9-12(15)16-11)13(19)17-14(2,3)6-7-18/h8-9,18H,4-7H2,1-3H3,(H,17,19). The molecule has 0 atom stereocenters. The van der Waals surface area contributed by atoms with Gasteiger partial charge in [-0.05, 0) is 38.8 Å². The molecule has 1 rings (SSSR count). The summed E-state index contributed by atoms with van der Waals surface area (Å²) in [6.07, 6.45) is 2.24. The summed E-state index contributed by atoms with van der Waals surface area (Å²) in [6.45, 7) is 5.83. The van der Waals surface area contributed by atoms with Crippen molar-refractivity contribution in [1.29, 1.82) is 0 Å². The summed E-state index contributed by atoms with van der Waals surface area (Å²) in [6, 6.07) is 3.32. The van der Waals surface area contributed by atoms with Gasteiger partial charge in [0.1, 0.15) is 5.15 Å². The molecule has 19 heavy (non-hydrogen) atoms. The molecule has 106 valence electrons. The van der Waals surface area contributed by atoms with Crippen LogP contribution in [0.3, 0.4) is 0 Å². The number of aliphatic hydroxyl groups excluding tert-OH is 1. The molecule has 4 nitrogen and oxygen atoms in total. The normalized spacial score (nSPS) is 11.4. The fourth-order valence-corrected chi connectivity index (χ4v) is 2.01. The summed E-state index contributed by atoms with van der Waals surface area (Å²) in [5.74, 6) is -0.194. The average molecular weight is 285 g/mol. The molecule has 0 aliphatic heterocycles. The molecule has 0 fully saturated rings. The maximum Gasteiger partial charge on any atom is 0.251 e. The zero-order valence-corrected chi connectivity index (χ0v) is 12.4. The van der Waals surface area contributed by atoms with Crippen molar-refractivity contribution in [2.24, 2.45) is 0 Å². The second-order valence-corrected chi connectivity index (χ2v) is 5.62. The van der Waals surface area contributed by atoms with Gasteiger partial charge in [0.05, 0.1) is 0 Å². The Hall–Kier alpha value is -1.13. The Morgan fingerprint density at radius 1 is 1.47 bits per heavy atom. The van der Waals surface area contributed by atoms with Gasteiger partial charge in [0, 0.05) is 23.4 Å². The molecular formula is C14H21ClN2O2. The molecule has 0 saturated heterocycles. The van der Waals surface area contributed by atoms with Gasteiger partial charge >= 0.3 is 0 Å². The highest BCUT2D eigenvalue weighted by Crippen LogP contribution is 2.14. The Bertz CT molecular complexity index is 447. The molecule has 0 bridgehead atoms. The van der Waals surface area contributed by atoms with Gasteiger partial charge in [-0.2, -0.15) is 0 Å². The van der Waals surface area contributed by atoms with Gasteiger partial charge in [0.15, 0.2) is 0 Å². The highest BCUT2D eigenvalue weighted by atomic mass is 35.5. The van der Waals surface area contributed by atoms with E-state index >= 15 is 0 Å². The summed E-state index contributed by atoms with van der Waals surface area (Å²) < 4.78 is 0. The van der Waals surface area contributed by atoms with Crippen molar-refractivity contribution in [2.45, 2.75) is 45.6 Å². The first-order valence-corrected chi connectivity index (χ1v) is 6.85. The topological polar surface area (TPSA) is 62.2 Å². The number of amides is 1. The minimum Gasteiger partial charge on any atom is -0.396 e. The number of hydrogen-bond acceptors (Lipinski definition) is 3. The minimum atomic E-state index is -0.452. The molecule has 1 aromatic heterocycles. The van der Waals surface area contributed by atoms with Crippen molar-refractivity contribution in [2.75, 3.05) is 6.61 Å². The zero-order chi connectivity index (χ0) is 14.5. The molecule has 0 unspecified atom stereocenters. The average Bonchev–Trinajstić information content (AvgIpc) is 2.27. The number of aliphatic hydroxyl groups is 1. The molecule has 1 aromatic rings. The fraction of sp³-hybridized carbons (Fsp3) is 0.571. The van der Waals surface area contributed by atoms with Gasteiger partial charge in [-0.25, -0.2) is 4.98 Å². The zero-order valence-electron chi connectivity index (χ0n) is 11.7. The van der Waals surface area contributed by atoms with Crippen molar-refractivity contribution >= 4 is 17.5 Å². The molecule has 1 amide bonds. The van der Waals surface area contributed by atoms with Crippen LogP contribution in [0, 0.1) is 0 Å². The third-order valence-electron chi connectivity index (χ3n) is 2.80. The number of hydrogen-bond donors (Lipinski definition) is 2. The van der Waals surface area contributed by atoms with E-state index in [1.807, 2.05) is 20.8 Å². The Morgan fingerprint density at radius 3 is 2.74 bits per heavy atom. The van der Waals surface area contributed by atoms with Gasteiger partial charge in [-0.15, -0.1) is 0 Å². The lowest BCUT2D eigenvalue weighted by Gasteiger charge is -2.25. The van der Waals surface area contributed by atoms with E-state index in [2.05, 4.69) is 10.3 Å². The maximum atomic E-state index is 12.2. The van der Waals surface area contributed by atoms with Gasteiger partial charge in [-0.1, -0.05) is 24.9 Å². The molecule has 2 N–H and O–H groups in total. The van der Waals surface area contributed by atoms with Crippen molar-refractivity contribution in [3.63, 3.8) is 0 Å². The Morgan fingerprint density at radius 2 is 2.16 bits per heavy atom. The summed E-state index contributed by atoms with van der Waals surface area (Å²) in [4.78, 5) is 16.3.